The summed E-state index contributed by atoms with van der Waals surface area (Å²) in [6.07, 6.45) is 4.83. The van der Waals surface area contributed by atoms with Gasteiger partial charge in [-0.2, -0.15) is 0 Å². The van der Waals surface area contributed by atoms with Crippen molar-refractivity contribution >= 4 is 17.6 Å². The summed E-state index contributed by atoms with van der Waals surface area (Å²) in [6.45, 7) is 3.58. The van der Waals surface area contributed by atoms with Gasteiger partial charge in [-0.25, -0.2) is 13.9 Å². The summed E-state index contributed by atoms with van der Waals surface area (Å²) in [5.74, 6) is 0.212. The first-order valence-electron chi connectivity index (χ1n) is 13.0. The molecule has 11 heteroatoms. The summed E-state index contributed by atoms with van der Waals surface area (Å²) >= 11 is 0. The van der Waals surface area contributed by atoms with Crippen LogP contribution in [0.15, 0.2) is 42.5 Å². The van der Waals surface area contributed by atoms with Crippen molar-refractivity contribution in [2.45, 2.75) is 38.6 Å². The zero-order valence-electron chi connectivity index (χ0n) is 22.0. The van der Waals surface area contributed by atoms with Gasteiger partial charge in [-0.05, 0) is 92.0 Å². The number of nitrogens with zero attached hydrogens (tertiary/aromatic N) is 6. The molecule has 1 fully saturated rings. The second-order valence-corrected chi connectivity index (χ2v) is 9.73. The molecule has 3 aromatic rings. The smallest absolute Gasteiger partial charge is 0.319 e. The molecule has 2 heterocycles. The maximum atomic E-state index is 13.2. The third kappa shape index (κ3) is 7.58. The van der Waals surface area contributed by atoms with Crippen LogP contribution in [-0.4, -0.2) is 75.2 Å². The molecule has 1 aromatic heterocycles. The summed E-state index contributed by atoms with van der Waals surface area (Å²) < 4.78 is 14.6. The molecule has 0 unspecified atom stereocenters. The number of nitrogens with one attached hydrogen (secondary N) is 2. The van der Waals surface area contributed by atoms with Crippen molar-refractivity contribution in [3.05, 3.63) is 59.4 Å². The molecule has 38 heavy (non-hydrogen) atoms. The van der Waals surface area contributed by atoms with Gasteiger partial charge in [0.1, 0.15) is 5.82 Å². The molecule has 4 rings (SSSR count). The Morgan fingerprint density at radius 3 is 2.53 bits per heavy atom. The van der Waals surface area contributed by atoms with Crippen molar-refractivity contribution in [3.63, 3.8) is 0 Å². The van der Waals surface area contributed by atoms with E-state index in [2.05, 4.69) is 31.1 Å². The van der Waals surface area contributed by atoms with Crippen LogP contribution in [0.4, 0.5) is 14.9 Å². The highest BCUT2D eigenvalue weighted by Crippen LogP contribution is 2.24. The van der Waals surface area contributed by atoms with Gasteiger partial charge in [0.05, 0.1) is 0 Å². The van der Waals surface area contributed by atoms with Crippen molar-refractivity contribution < 1.29 is 14.0 Å². The first kappa shape index (κ1) is 27.2. The fraction of sp³-hybridized carbons (Fsp3) is 0.444. The first-order valence-corrected chi connectivity index (χ1v) is 13.0. The van der Waals surface area contributed by atoms with E-state index < -0.39 is 0 Å². The second-order valence-electron chi connectivity index (χ2n) is 9.73. The van der Waals surface area contributed by atoms with Gasteiger partial charge in [-0.3, -0.25) is 4.79 Å². The Morgan fingerprint density at radius 2 is 1.82 bits per heavy atom. The van der Waals surface area contributed by atoms with Crippen molar-refractivity contribution in [1.82, 2.24) is 35.3 Å². The molecule has 0 radical (unpaired) electrons. The number of aryl methyl sites for hydroxylation is 1. The van der Waals surface area contributed by atoms with Crippen molar-refractivity contribution in [3.8, 4) is 11.4 Å². The monoisotopic (exact) mass is 522 g/mol. The molecule has 3 amide bonds. The molecule has 0 atom stereocenters. The minimum absolute atomic E-state index is 0.0603. The number of amides is 3. The van der Waals surface area contributed by atoms with Crippen LogP contribution in [0.25, 0.3) is 11.4 Å². The van der Waals surface area contributed by atoms with E-state index in [4.69, 9.17) is 0 Å². The average Bonchev–Trinajstić information content (AvgIpc) is 3.35. The van der Waals surface area contributed by atoms with E-state index in [1.165, 1.54) is 16.8 Å². The molecule has 1 saturated heterocycles. The van der Waals surface area contributed by atoms with Crippen LogP contribution in [0, 0.1) is 5.82 Å². The topological polar surface area (TPSA) is 108 Å². The number of rotatable bonds is 10. The Kier molecular flexibility index (Phi) is 9.36. The van der Waals surface area contributed by atoms with Crippen molar-refractivity contribution in [2.24, 2.45) is 7.05 Å². The molecule has 0 aliphatic carbocycles. The molecular formula is C27H35FN8O2. The van der Waals surface area contributed by atoms with Gasteiger partial charge in [-0.1, -0.05) is 12.1 Å². The van der Waals surface area contributed by atoms with Crippen LogP contribution in [0.5, 0.6) is 0 Å². The van der Waals surface area contributed by atoms with Crippen LogP contribution >= 0.6 is 0 Å². The number of tetrazole rings is 1. The van der Waals surface area contributed by atoms with Crippen LogP contribution < -0.4 is 10.6 Å². The number of piperidine rings is 1. The van der Waals surface area contributed by atoms with Gasteiger partial charge in [0.25, 0.3) is 5.91 Å². The van der Waals surface area contributed by atoms with Crippen LogP contribution in [0.1, 0.15) is 48.0 Å². The van der Waals surface area contributed by atoms with Crippen molar-refractivity contribution in [1.29, 1.82) is 0 Å². The zero-order valence-corrected chi connectivity index (χ0v) is 22.0. The summed E-state index contributed by atoms with van der Waals surface area (Å²) in [6, 6.07) is 11.4. The van der Waals surface area contributed by atoms with E-state index in [1.54, 1.807) is 37.4 Å². The highest BCUT2D eigenvalue weighted by Gasteiger charge is 2.21. The number of likely N-dealkylation sites (tertiary alicyclic amines) is 1. The summed E-state index contributed by atoms with van der Waals surface area (Å²) in [7, 11) is 3.75. The Morgan fingerprint density at radius 1 is 1.05 bits per heavy atom. The second kappa shape index (κ2) is 13.1. The number of hydrogen-bond donors (Lipinski definition) is 2. The third-order valence-corrected chi connectivity index (χ3v) is 6.58. The normalized spacial score (nSPS) is 13.5. The number of carbonyl (C=O) groups excluding carboxylic acids is 2. The highest BCUT2D eigenvalue weighted by molar-refractivity contribution is 5.98. The maximum absolute atomic E-state index is 13.2. The van der Waals surface area contributed by atoms with Crippen LogP contribution in [0.3, 0.4) is 0 Å². The standard InChI is InChI=1S/C27H35FN8O2/c1-34(19-20-8-10-23(28)11-9-20)13-7-4-12-29-27(38)30-24-17-21(25-31-32-33-35(25)2)16-22(18-24)26(37)36-14-5-3-6-15-36/h8-11,16-18H,3-7,12-15,19H2,1-2H3,(H2,29,30,38). The minimum Gasteiger partial charge on any atom is -0.339 e. The predicted molar refractivity (Wildman–Crippen MR) is 143 cm³/mol. The molecule has 1 aliphatic rings. The maximum Gasteiger partial charge on any atom is 0.319 e. The molecule has 0 saturated carbocycles. The molecule has 0 spiro atoms. The number of benzene rings is 2. The Balaban J connectivity index is 1.30. The number of urea groups is 1. The lowest BCUT2D eigenvalue weighted by atomic mass is 10.1. The SMILES string of the molecule is CN(CCCCNC(=O)Nc1cc(C(=O)N2CCCCC2)cc(-c2nnnn2C)c1)Cc1ccc(F)cc1. The number of anilines is 1. The number of hydrogen-bond acceptors (Lipinski definition) is 6. The highest BCUT2D eigenvalue weighted by atomic mass is 19.1. The van der Waals surface area contributed by atoms with Crippen LogP contribution in [0.2, 0.25) is 0 Å². The van der Waals surface area contributed by atoms with Gasteiger partial charge in [0.15, 0.2) is 5.82 Å². The summed E-state index contributed by atoms with van der Waals surface area (Å²) in [4.78, 5) is 29.8. The average molecular weight is 523 g/mol. The first-order chi connectivity index (χ1) is 18.4. The largest absolute Gasteiger partial charge is 0.339 e. The molecule has 202 valence electrons. The number of aromatic nitrogens is 4. The van der Waals surface area contributed by atoms with E-state index in [1.807, 2.05) is 11.9 Å². The third-order valence-electron chi connectivity index (χ3n) is 6.58. The number of carbonyl (C=O) groups is 2. The van der Waals surface area contributed by atoms with E-state index in [-0.39, 0.29) is 17.8 Å². The molecule has 1 aliphatic heterocycles. The lowest BCUT2D eigenvalue weighted by Gasteiger charge is -2.27. The lowest BCUT2D eigenvalue weighted by molar-refractivity contribution is 0.0724. The van der Waals surface area contributed by atoms with E-state index >= 15 is 0 Å². The minimum atomic E-state index is -0.339. The number of unbranched alkanes of at least 4 members (excludes halogenated alkanes) is 1. The molecular weight excluding hydrogens is 487 g/mol. The quantitative estimate of drug-likeness (QED) is 0.394. The molecule has 0 bridgehead atoms. The Hall–Kier alpha value is -3.86. The van der Waals surface area contributed by atoms with Crippen LogP contribution in [-0.2, 0) is 13.6 Å². The fourth-order valence-corrected chi connectivity index (χ4v) is 4.57. The molecule has 2 aromatic carbocycles. The van der Waals surface area contributed by atoms with E-state index in [9.17, 15) is 14.0 Å². The Bertz CT molecular complexity index is 1220. The van der Waals surface area contributed by atoms with Gasteiger partial charge >= 0.3 is 6.03 Å². The van der Waals surface area contributed by atoms with Gasteiger partial charge in [0.2, 0.25) is 0 Å². The van der Waals surface area contributed by atoms with Gasteiger partial charge in [0, 0.05) is 50.0 Å². The summed E-state index contributed by atoms with van der Waals surface area (Å²) in [5.41, 5.74) is 2.71. The van der Waals surface area contributed by atoms with E-state index in [0.717, 1.165) is 63.8 Å². The van der Waals surface area contributed by atoms with Gasteiger partial charge < -0.3 is 20.4 Å². The molecule has 2 N–H and O–H groups in total. The Labute approximate surface area is 222 Å². The lowest BCUT2D eigenvalue weighted by Crippen LogP contribution is -2.35. The van der Waals surface area contributed by atoms with Crippen molar-refractivity contribution in [2.75, 3.05) is 38.5 Å². The fourth-order valence-electron chi connectivity index (χ4n) is 4.57. The number of halogens is 1. The van der Waals surface area contributed by atoms with Gasteiger partial charge in [-0.15, -0.1) is 5.10 Å². The van der Waals surface area contributed by atoms with E-state index in [0.29, 0.717) is 29.2 Å². The predicted octanol–water partition coefficient (Wildman–Crippen LogP) is 3.68. The zero-order chi connectivity index (χ0) is 26.9. The summed E-state index contributed by atoms with van der Waals surface area (Å²) in [5, 5.41) is 17.4. The molecule has 10 nitrogen and oxygen atoms in total.